The second kappa shape index (κ2) is 8.57. The molecule has 3 N–H and O–H groups in total. The second-order valence-corrected chi connectivity index (χ2v) is 5.35. The smallest absolute Gasteiger partial charge is 0.0679 e. The van der Waals surface area contributed by atoms with Crippen molar-refractivity contribution in [3.05, 3.63) is 71.8 Å². The van der Waals surface area contributed by atoms with Gasteiger partial charge in [-0.1, -0.05) is 60.7 Å². The lowest BCUT2D eigenvalue weighted by Crippen LogP contribution is -2.21. The van der Waals surface area contributed by atoms with Gasteiger partial charge in [-0.25, -0.2) is 0 Å². The molecule has 0 amide bonds. The third-order valence-corrected chi connectivity index (χ3v) is 3.58. The number of nitrogens with zero attached hydrogens (tertiary/aromatic N) is 1. The average Bonchev–Trinajstić information content (AvgIpc) is 2.95. The third kappa shape index (κ3) is 5.68. The predicted octanol–water partition coefficient (Wildman–Crippen LogP) is 2.40. The number of nitrogens with two attached hydrogens (primary N) is 1. The maximum absolute atomic E-state index is 9.34. The fourth-order valence-electron chi connectivity index (χ4n) is 2.41. The van der Waals surface area contributed by atoms with Crippen molar-refractivity contribution in [2.75, 3.05) is 13.1 Å². The minimum absolute atomic E-state index is 0.108. The monoisotopic (exact) mass is 284 g/mol. The Kier molecular flexibility index (Phi) is 6.41. The maximum atomic E-state index is 9.34. The molecule has 1 aliphatic rings. The van der Waals surface area contributed by atoms with Gasteiger partial charge in [0.1, 0.15) is 0 Å². The van der Waals surface area contributed by atoms with Crippen molar-refractivity contribution in [2.24, 2.45) is 5.73 Å². The van der Waals surface area contributed by atoms with Gasteiger partial charge >= 0.3 is 0 Å². The molecule has 0 bridgehead atoms. The Labute approximate surface area is 127 Å². The van der Waals surface area contributed by atoms with Crippen LogP contribution >= 0.6 is 0 Å². The van der Waals surface area contributed by atoms with Gasteiger partial charge in [0.05, 0.1) is 6.10 Å². The van der Waals surface area contributed by atoms with Gasteiger partial charge in [-0.2, -0.15) is 0 Å². The standard InChI is InChI=1S/C11H15NO.C7H9N/c13-11-6-7-12(9-11)8-10-4-2-1-3-5-10;8-6-7-4-2-1-3-5-7/h1-5,11,13H,6-9H2;1-5H,6,8H2/t11-;/m0./s1. The summed E-state index contributed by atoms with van der Waals surface area (Å²) in [4.78, 5) is 2.29. The summed E-state index contributed by atoms with van der Waals surface area (Å²) in [5, 5.41) is 9.34. The molecule has 1 heterocycles. The molecule has 0 saturated carbocycles. The Hall–Kier alpha value is -1.68. The SMILES string of the molecule is NCc1ccccc1.O[C@H]1CCN(Cc2ccccc2)C1. The first-order valence-electron chi connectivity index (χ1n) is 7.46. The van der Waals surface area contributed by atoms with Crippen molar-refractivity contribution in [1.29, 1.82) is 0 Å². The largest absolute Gasteiger partial charge is 0.392 e. The van der Waals surface area contributed by atoms with Crippen LogP contribution in [0.1, 0.15) is 17.5 Å². The lowest BCUT2D eigenvalue weighted by molar-refractivity contribution is 0.175. The first-order valence-corrected chi connectivity index (χ1v) is 7.46. The quantitative estimate of drug-likeness (QED) is 0.910. The van der Waals surface area contributed by atoms with E-state index >= 15 is 0 Å². The Balaban J connectivity index is 0.000000173. The summed E-state index contributed by atoms with van der Waals surface area (Å²) in [5.74, 6) is 0. The lowest BCUT2D eigenvalue weighted by atomic mass is 10.2. The van der Waals surface area contributed by atoms with Crippen LogP contribution in [0.4, 0.5) is 0 Å². The zero-order valence-electron chi connectivity index (χ0n) is 12.4. The molecule has 1 aliphatic heterocycles. The number of hydrogen-bond acceptors (Lipinski definition) is 3. The molecule has 3 heteroatoms. The number of benzene rings is 2. The minimum Gasteiger partial charge on any atom is -0.392 e. The Morgan fingerprint density at radius 2 is 1.52 bits per heavy atom. The summed E-state index contributed by atoms with van der Waals surface area (Å²) in [6.45, 7) is 3.46. The summed E-state index contributed by atoms with van der Waals surface area (Å²) in [6, 6.07) is 20.4. The van der Waals surface area contributed by atoms with Crippen LogP contribution in [0.5, 0.6) is 0 Å². The van der Waals surface area contributed by atoms with Crippen LogP contribution in [-0.4, -0.2) is 29.2 Å². The molecule has 0 spiro atoms. The summed E-state index contributed by atoms with van der Waals surface area (Å²) in [5.41, 5.74) is 7.87. The normalized spacial score (nSPS) is 18.1. The van der Waals surface area contributed by atoms with Crippen LogP contribution in [0.2, 0.25) is 0 Å². The first-order chi connectivity index (χ1) is 10.3. The van der Waals surface area contributed by atoms with Crippen molar-refractivity contribution < 1.29 is 5.11 Å². The van der Waals surface area contributed by atoms with Crippen LogP contribution in [0.3, 0.4) is 0 Å². The molecular weight excluding hydrogens is 260 g/mol. The Morgan fingerprint density at radius 1 is 0.952 bits per heavy atom. The van der Waals surface area contributed by atoms with E-state index in [1.54, 1.807) is 0 Å². The molecule has 2 aromatic carbocycles. The Bertz CT molecular complexity index is 501. The van der Waals surface area contributed by atoms with E-state index in [-0.39, 0.29) is 6.10 Å². The van der Waals surface area contributed by atoms with E-state index < -0.39 is 0 Å². The molecule has 1 atom stereocenters. The maximum Gasteiger partial charge on any atom is 0.0679 e. The highest BCUT2D eigenvalue weighted by Crippen LogP contribution is 2.12. The summed E-state index contributed by atoms with van der Waals surface area (Å²) in [7, 11) is 0. The zero-order valence-corrected chi connectivity index (χ0v) is 12.4. The van der Waals surface area contributed by atoms with E-state index in [2.05, 4.69) is 29.2 Å². The van der Waals surface area contributed by atoms with Crippen molar-refractivity contribution in [1.82, 2.24) is 4.90 Å². The second-order valence-electron chi connectivity index (χ2n) is 5.35. The summed E-state index contributed by atoms with van der Waals surface area (Å²) < 4.78 is 0. The highest BCUT2D eigenvalue weighted by atomic mass is 16.3. The number of hydrogen-bond donors (Lipinski definition) is 2. The molecule has 0 radical (unpaired) electrons. The van der Waals surface area contributed by atoms with Gasteiger partial charge < -0.3 is 10.8 Å². The number of aliphatic hydroxyl groups is 1. The zero-order chi connectivity index (χ0) is 14.9. The van der Waals surface area contributed by atoms with E-state index in [9.17, 15) is 5.11 Å². The van der Waals surface area contributed by atoms with E-state index in [4.69, 9.17) is 5.73 Å². The van der Waals surface area contributed by atoms with E-state index in [0.29, 0.717) is 6.54 Å². The van der Waals surface area contributed by atoms with Crippen molar-refractivity contribution in [2.45, 2.75) is 25.6 Å². The van der Waals surface area contributed by atoms with E-state index in [1.165, 1.54) is 11.1 Å². The molecule has 112 valence electrons. The highest BCUT2D eigenvalue weighted by molar-refractivity contribution is 5.15. The van der Waals surface area contributed by atoms with Crippen LogP contribution in [-0.2, 0) is 13.1 Å². The van der Waals surface area contributed by atoms with Gasteiger partial charge in [0.25, 0.3) is 0 Å². The van der Waals surface area contributed by atoms with Gasteiger partial charge in [0, 0.05) is 26.2 Å². The van der Waals surface area contributed by atoms with Crippen LogP contribution in [0.15, 0.2) is 60.7 Å². The van der Waals surface area contributed by atoms with Gasteiger partial charge in [-0.15, -0.1) is 0 Å². The van der Waals surface area contributed by atoms with Crippen molar-refractivity contribution in [3.8, 4) is 0 Å². The van der Waals surface area contributed by atoms with E-state index in [0.717, 1.165) is 26.1 Å². The minimum atomic E-state index is -0.108. The molecule has 3 nitrogen and oxygen atoms in total. The first kappa shape index (κ1) is 15.7. The molecule has 1 fully saturated rings. The predicted molar refractivity (Wildman–Crippen MR) is 86.7 cm³/mol. The number of likely N-dealkylation sites (tertiary alicyclic amines) is 1. The topological polar surface area (TPSA) is 49.5 Å². The van der Waals surface area contributed by atoms with Crippen molar-refractivity contribution >= 4 is 0 Å². The van der Waals surface area contributed by atoms with Gasteiger partial charge in [0.2, 0.25) is 0 Å². The summed E-state index contributed by atoms with van der Waals surface area (Å²) in [6.07, 6.45) is 0.816. The van der Waals surface area contributed by atoms with Crippen LogP contribution < -0.4 is 5.73 Å². The molecular formula is C18H24N2O. The average molecular weight is 284 g/mol. The molecule has 2 aromatic rings. The van der Waals surface area contributed by atoms with E-state index in [1.807, 2.05) is 36.4 Å². The lowest BCUT2D eigenvalue weighted by Gasteiger charge is -2.14. The van der Waals surface area contributed by atoms with Crippen LogP contribution in [0, 0.1) is 0 Å². The van der Waals surface area contributed by atoms with Crippen molar-refractivity contribution in [3.63, 3.8) is 0 Å². The molecule has 21 heavy (non-hydrogen) atoms. The molecule has 3 rings (SSSR count). The number of rotatable bonds is 3. The molecule has 1 saturated heterocycles. The van der Waals surface area contributed by atoms with Gasteiger partial charge in [-0.3, -0.25) is 4.90 Å². The fraction of sp³-hybridized carbons (Fsp3) is 0.333. The highest BCUT2D eigenvalue weighted by Gasteiger charge is 2.19. The molecule has 0 aliphatic carbocycles. The van der Waals surface area contributed by atoms with Gasteiger partial charge in [-0.05, 0) is 17.5 Å². The van der Waals surface area contributed by atoms with Gasteiger partial charge in [0.15, 0.2) is 0 Å². The fourth-order valence-corrected chi connectivity index (χ4v) is 2.41. The Morgan fingerprint density at radius 3 is 1.95 bits per heavy atom. The summed E-state index contributed by atoms with van der Waals surface area (Å²) >= 11 is 0. The third-order valence-electron chi connectivity index (χ3n) is 3.58. The molecule has 0 unspecified atom stereocenters. The number of β-amino-alcohol motifs (C(OH)–C–C–N with tert-alkyl or cyclic N) is 1. The number of aliphatic hydroxyl groups excluding tert-OH is 1. The molecule has 0 aromatic heterocycles. The van der Waals surface area contributed by atoms with Crippen LogP contribution in [0.25, 0.3) is 0 Å².